The van der Waals surface area contributed by atoms with Gasteiger partial charge < -0.3 is 29.0 Å². The molecule has 4 fully saturated rings. The first-order valence-corrected chi connectivity index (χ1v) is 11.1. The highest BCUT2D eigenvalue weighted by Crippen LogP contribution is 2.50. The summed E-state index contributed by atoms with van der Waals surface area (Å²) in [6.07, 6.45) is 2.49. The van der Waals surface area contributed by atoms with E-state index >= 15 is 0 Å². The van der Waals surface area contributed by atoms with Gasteiger partial charge in [-0.05, 0) is 31.4 Å². The van der Waals surface area contributed by atoms with Crippen LogP contribution in [0.3, 0.4) is 0 Å². The first-order chi connectivity index (χ1) is 15.5. The standard InChI is InChI=1S/C23H25N3O6/c27-20-11-30-18-5-6-25(10-16(18)24-20)22(29)26-12-23(13-26)8-14(9-23)31-19-7-21(28)32-17-4-2-1-3-15(17)19/h1-4,7,14,16,18H,5-6,8-13H2,(H,24,27)/t16-,18+/m1/s1. The van der Waals surface area contributed by atoms with Crippen LogP contribution in [0.4, 0.5) is 4.79 Å². The number of fused-ring (bicyclic) bond motifs is 2. The van der Waals surface area contributed by atoms with Crippen molar-refractivity contribution in [3.63, 3.8) is 0 Å². The van der Waals surface area contributed by atoms with Crippen LogP contribution in [0.25, 0.3) is 11.0 Å². The van der Waals surface area contributed by atoms with Crippen LogP contribution < -0.4 is 15.7 Å². The topological polar surface area (TPSA) is 101 Å². The molecule has 3 aliphatic heterocycles. The molecule has 3 saturated heterocycles. The maximum absolute atomic E-state index is 12.9. The third kappa shape index (κ3) is 3.31. The van der Waals surface area contributed by atoms with E-state index in [2.05, 4.69) is 5.32 Å². The SMILES string of the molecule is O=C1CO[C@H]2CCN(C(=O)N3CC4(CC(Oc5cc(=O)oc6ccccc56)C4)C3)C[C@H]2N1. The number of likely N-dealkylation sites (tertiary alicyclic amines) is 2. The van der Waals surface area contributed by atoms with Gasteiger partial charge in [-0.15, -0.1) is 0 Å². The van der Waals surface area contributed by atoms with Crippen LogP contribution in [0.1, 0.15) is 19.3 Å². The van der Waals surface area contributed by atoms with Gasteiger partial charge in [0.15, 0.2) is 0 Å². The average molecular weight is 439 g/mol. The predicted octanol–water partition coefficient (Wildman–Crippen LogP) is 1.35. The Balaban J connectivity index is 1.04. The molecule has 4 heterocycles. The Morgan fingerprint density at radius 1 is 1.16 bits per heavy atom. The molecule has 0 unspecified atom stereocenters. The molecular weight excluding hydrogens is 414 g/mol. The van der Waals surface area contributed by atoms with Crippen molar-refractivity contribution in [1.82, 2.24) is 15.1 Å². The molecule has 1 spiro atoms. The lowest BCUT2D eigenvalue weighted by atomic mass is 9.62. The van der Waals surface area contributed by atoms with Gasteiger partial charge in [-0.1, -0.05) is 12.1 Å². The average Bonchev–Trinajstić information content (AvgIpc) is 2.73. The summed E-state index contributed by atoms with van der Waals surface area (Å²) in [5.74, 6) is 0.441. The fourth-order valence-electron chi connectivity index (χ4n) is 5.58. The van der Waals surface area contributed by atoms with E-state index in [1.165, 1.54) is 6.07 Å². The summed E-state index contributed by atoms with van der Waals surface area (Å²) < 4.78 is 16.9. The van der Waals surface area contributed by atoms with Crippen LogP contribution in [-0.2, 0) is 9.53 Å². The highest BCUT2D eigenvalue weighted by Gasteiger charge is 2.55. The number of morpholine rings is 1. The van der Waals surface area contributed by atoms with Crippen molar-refractivity contribution in [3.05, 3.63) is 40.8 Å². The van der Waals surface area contributed by atoms with Crippen LogP contribution in [0.2, 0.25) is 0 Å². The monoisotopic (exact) mass is 439 g/mol. The lowest BCUT2D eigenvalue weighted by molar-refractivity contribution is -0.140. The fourth-order valence-corrected chi connectivity index (χ4v) is 5.58. The zero-order valence-corrected chi connectivity index (χ0v) is 17.6. The van der Waals surface area contributed by atoms with Gasteiger partial charge in [0.1, 0.15) is 24.0 Å². The molecule has 0 radical (unpaired) electrons. The molecule has 1 saturated carbocycles. The van der Waals surface area contributed by atoms with E-state index in [9.17, 15) is 14.4 Å². The van der Waals surface area contributed by atoms with E-state index in [0.717, 1.165) is 37.7 Å². The second kappa shape index (κ2) is 7.23. The molecule has 1 N–H and O–H groups in total. The van der Waals surface area contributed by atoms with E-state index in [0.29, 0.717) is 24.4 Å². The van der Waals surface area contributed by atoms with Crippen molar-refractivity contribution in [2.75, 3.05) is 32.8 Å². The number of hydrogen-bond acceptors (Lipinski definition) is 6. The van der Waals surface area contributed by atoms with Crippen LogP contribution in [0, 0.1) is 5.41 Å². The minimum absolute atomic E-state index is 0.000487. The number of urea groups is 1. The number of hydrogen-bond donors (Lipinski definition) is 1. The lowest BCUT2D eigenvalue weighted by Gasteiger charge is -2.59. The van der Waals surface area contributed by atoms with E-state index in [-0.39, 0.29) is 42.2 Å². The van der Waals surface area contributed by atoms with E-state index in [1.54, 1.807) is 6.07 Å². The molecule has 6 rings (SSSR count). The number of carbonyl (C=O) groups is 2. The Labute approximate surface area is 184 Å². The van der Waals surface area contributed by atoms with Crippen LogP contribution >= 0.6 is 0 Å². The van der Waals surface area contributed by atoms with Crippen molar-refractivity contribution in [2.45, 2.75) is 37.5 Å². The Hall–Kier alpha value is -3.07. The summed E-state index contributed by atoms with van der Waals surface area (Å²) in [6, 6.07) is 8.67. The number of ether oxygens (including phenoxy) is 2. The van der Waals surface area contributed by atoms with Crippen LogP contribution in [0.5, 0.6) is 5.75 Å². The minimum atomic E-state index is -0.420. The third-order valence-electron chi connectivity index (χ3n) is 7.14. The second-order valence-electron chi connectivity index (χ2n) is 9.47. The van der Waals surface area contributed by atoms with Gasteiger partial charge in [0.05, 0.1) is 23.6 Å². The number of rotatable bonds is 2. The molecule has 168 valence electrons. The predicted molar refractivity (Wildman–Crippen MR) is 113 cm³/mol. The number of nitrogens with one attached hydrogen (secondary N) is 1. The molecule has 1 aromatic carbocycles. The van der Waals surface area contributed by atoms with E-state index in [4.69, 9.17) is 13.9 Å². The summed E-state index contributed by atoms with van der Waals surface area (Å²) in [7, 11) is 0. The highest BCUT2D eigenvalue weighted by molar-refractivity contribution is 5.83. The molecule has 1 aliphatic carbocycles. The maximum Gasteiger partial charge on any atom is 0.339 e. The number of piperidine rings is 1. The van der Waals surface area contributed by atoms with Gasteiger partial charge in [0.25, 0.3) is 0 Å². The minimum Gasteiger partial charge on any atom is -0.489 e. The van der Waals surface area contributed by atoms with Crippen molar-refractivity contribution in [1.29, 1.82) is 0 Å². The van der Waals surface area contributed by atoms with E-state index < -0.39 is 5.63 Å². The Bertz CT molecular complexity index is 1130. The Kier molecular flexibility index (Phi) is 4.43. The number of nitrogens with zero attached hydrogens (tertiary/aromatic N) is 2. The Morgan fingerprint density at radius 2 is 1.97 bits per heavy atom. The van der Waals surface area contributed by atoms with Gasteiger partial charge in [-0.2, -0.15) is 0 Å². The normalized spacial score (nSPS) is 26.8. The number of para-hydroxylation sites is 1. The van der Waals surface area contributed by atoms with Crippen molar-refractivity contribution in [3.8, 4) is 5.75 Å². The number of carbonyl (C=O) groups excluding carboxylic acids is 2. The summed E-state index contributed by atoms with van der Waals surface area (Å²) >= 11 is 0. The van der Waals surface area contributed by atoms with E-state index in [1.807, 2.05) is 28.0 Å². The summed E-state index contributed by atoms with van der Waals surface area (Å²) in [6.45, 7) is 2.69. The van der Waals surface area contributed by atoms with Crippen molar-refractivity contribution < 1.29 is 23.5 Å². The molecule has 3 amide bonds. The fraction of sp³-hybridized carbons (Fsp3) is 0.522. The largest absolute Gasteiger partial charge is 0.489 e. The summed E-state index contributed by atoms with van der Waals surface area (Å²) in [4.78, 5) is 40.1. The second-order valence-corrected chi connectivity index (χ2v) is 9.47. The molecule has 2 atom stereocenters. The zero-order valence-electron chi connectivity index (χ0n) is 17.6. The smallest absolute Gasteiger partial charge is 0.339 e. The van der Waals surface area contributed by atoms with Gasteiger partial charge in [0.2, 0.25) is 5.91 Å². The third-order valence-corrected chi connectivity index (χ3v) is 7.14. The molecule has 32 heavy (non-hydrogen) atoms. The number of amides is 3. The van der Waals surface area contributed by atoms with Gasteiger partial charge >= 0.3 is 11.7 Å². The molecule has 4 aliphatic rings. The van der Waals surface area contributed by atoms with Gasteiger partial charge in [-0.3, -0.25) is 4.79 Å². The molecule has 1 aromatic heterocycles. The zero-order chi connectivity index (χ0) is 21.9. The maximum atomic E-state index is 12.9. The molecular formula is C23H25N3O6. The Morgan fingerprint density at radius 3 is 2.81 bits per heavy atom. The quantitative estimate of drug-likeness (QED) is 0.709. The highest BCUT2D eigenvalue weighted by atomic mass is 16.5. The lowest BCUT2D eigenvalue weighted by Crippen LogP contribution is -2.69. The van der Waals surface area contributed by atoms with Gasteiger partial charge in [-0.25, -0.2) is 9.59 Å². The molecule has 9 heteroatoms. The molecule has 2 aromatic rings. The van der Waals surface area contributed by atoms with Crippen LogP contribution in [-0.4, -0.2) is 72.8 Å². The molecule has 9 nitrogen and oxygen atoms in total. The summed E-state index contributed by atoms with van der Waals surface area (Å²) in [5, 5.41) is 3.73. The van der Waals surface area contributed by atoms with Crippen LogP contribution in [0.15, 0.2) is 39.5 Å². The van der Waals surface area contributed by atoms with Crippen molar-refractivity contribution >= 4 is 22.9 Å². The number of benzene rings is 1. The van der Waals surface area contributed by atoms with Crippen molar-refractivity contribution in [2.24, 2.45) is 5.41 Å². The first kappa shape index (κ1) is 19.6. The van der Waals surface area contributed by atoms with Gasteiger partial charge in [0, 0.05) is 31.6 Å². The first-order valence-electron chi connectivity index (χ1n) is 11.1. The summed E-state index contributed by atoms with van der Waals surface area (Å²) in [5.41, 5.74) is 0.208. The molecule has 0 bridgehead atoms.